The first-order valence-electron chi connectivity index (χ1n) is 8.98. The molecule has 0 aromatic heterocycles. The second-order valence-corrected chi connectivity index (χ2v) is 8.64. The molecule has 0 bridgehead atoms. The number of halogens is 1. The fraction of sp³-hybridized carbons (Fsp3) is 0.350. The molecule has 3 rings (SSSR count). The number of rotatable bonds is 6. The molecule has 144 valence electrons. The molecule has 1 heterocycles. The lowest BCUT2D eigenvalue weighted by Crippen LogP contribution is -2.46. The minimum absolute atomic E-state index is 0.208. The first kappa shape index (κ1) is 19.5. The molecule has 0 radical (unpaired) electrons. The van der Waals surface area contributed by atoms with Crippen molar-refractivity contribution in [2.45, 2.75) is 37.1 Å². The largest absolute Gasteiger partial charge is 0.354 e. The van der Waals surface area contributed by atoms with Crippen LogP contribution in [-0.2, 0) is 21.2 Å². The Balaban J connectivity index is 1.63. The molecule has 2 aromatic carbocycles. The molecule has 0 spiro atoms. The van der Waals surface area contributed by atoms with Crippen LogP contribution < -0.4 is 5.32 Å². The SMILES string of the molecule is Cc1ccc(S(=O)(=O)N2CCC[C@H]2C(=O)NCCc2ccc(F)cc2)cc1. The molecular weight excluding hydrogens is 367 g/mol. The number of carbonyl (C=O) groups excluding carboxylic acids is 1. The highest BCUT2D eigenvalue weighted by atomic mass is 32.2. The average Bonchev–Trinajstić information content (AvgIpc) is 3.14. The number of sulfonamides is 1. The highest BCUT2D eigenvalue weighted by Crippen LogP contribution is 2.26. The number of carbonyl (C=O) groups is 1. The van der Waals surface area contributed by atoms with E-state index in [-0.39, 0.29) is 16.6 Å². The Morgan fingerprint density at radius 1 is 1.15 bits per heavy atom. The number of amides is 1. The molecule has 5 nitrogen and oxygen atoms in total. The van der Waals surface area contributed by atoms with E-state index in [0.29, 0.717) is 32.4 Å². The van der Waals surface area contributed by atoms with Crippen LogP contribution in [0.3, 0.4) is 0 Å². The van der Waals surface area contributed by atoms with Gasteiger partial charge in [-0.05, 0) is 56.0 Å². The molecule has 1 atom stereocenters. The Kier molecular flexibility index (Phi) is 5.92. The molecule has 27 heavy (non-hydrogen) atoms. The molecule has 0 aliphatic carbocycles. The third-order valence-corrected chi connectivity index (χ3v) is 6.68. The highest BCUT2D eigenvalue weighted by molar-refractivity contribution is 7.89. The van der Waals surface area contributed by atoms with E-state index in [0.717, 1.165) is 11.1 Å². The Morgan fingerprint density at radius 3 is 2.48 bits per heavy atom. The third-order valence-electron chi connectivity index (χ3n) is 4.76. The van der Waals surface area contributed by atoms with Gasteiger partial charge in [0, 0.05) is 13.1 Å². The van der Waals surface area contributed by atoms with Gasteiger partial charge in [-0.25, -0.2) is 12.8 Å². The summed E-state index contributed by atoms with van der Waals surface area (Å²) in [6, 6.07) is 12.1. The van der Waals surface area contributed by atoms with Crippen molar-refractivity contribution in [3.8, 4) is 0 Å². The lowest BCUT2D eigenvalue weighted by molar-refractivity contribution is -0.124. The summed E-state index contributed by atoms with van der Waals surface area (Å²) in [7, 11) is -3.70. The maximum absolute atomic E-state index is 12.9. The van der Waals surface area contributed by atoms with E-state index in [2.05, 4.69) is 5.32 Å². The van der Waals surface area contributed by atoms with Crippen molar-refractivity contribution in [2.75, 3.05) is 13.1 Å². The van der Waals surface area contributed by atoms with Crippen LogP contribution in [0.25, 0.3) is 0 Å². The van der Waals surface area contributed by atoms with Gasteiger partial charge in [-0.15, -0.1) is 0 Å². The average molecular weight is 390 g/mol. The maximum atomic E-state index is 12.9. The van der Waals surface area contributed by atoms with Crippen LogP contribution in [0, 0.1) is 12.7 Å². The fourth-order valence-corrected chi connectivity index (χ4v) is 4.89. The standard InChI is InChI=1S/C20H23FN2O3S/c1-15-4-10-18(11-5-15)27(25,26)23-14-2-3-19(23)20(24)22-13-12-16-6-8-17(21)9-7-16/h4-11,19H,2-3,12-14H2,1H3,(H,22,24)/t19-/m0/s1. The predicted molar refractivity (Wildman–Crippen MR) is 101 cm³/mol. The van der Waals surface area contributed by atoms with Crippen LogP contribution in [-0.4, -0.2) is 37.8 Å². The predicted octanol–water partition coefficient (Wildman–Crippen LogP) is 2.65. The second kappa shape index (κ2) is 8.19. The fourth-order valence-electron chi connectivity index (χ4n) is 3.23. The summed E-state index contributed by atoms with van der Waals surface area (Å²) in [5.74, 6) is -0.587. The van der Waals surface area contributed by atoms with E-state index in [4.69, 9.17) is 0 Å². The molecule has 7 heteroatoms. The monoisotopic (exact) mass is 390 g/mol. The Hall–Kier alpha value is -2.25. The second-order valence-electron chi connectivity index (χ2n) is 6.75. The Bertz CT molecular complexity index is 896. The van der Waals surface area contributed by atoms with Crippen LogP contribution >= 0.6 is 0 Å². The topological polar surface area (TPSA) is 66.5 Å². The normalized spacial score (nSPS) is 17.8. The summed E-state index contributed by atoms with van der Waals surface area (Å²) in [6.07, 6.45) is 1.72. The molecule has 1 aliphatic heterocycles. The van der Waals surface area contributed by atoms with Gasteiger partial charge in [0.05, 0.1) is 4.90 Å². The minimum atomic E-state index is -3.70. The van der Waals surface area contributed by atoms with Gasteiger partial charge in [0.25, 0.3) is 0 Å². The van der Waals surface area contributed by atoms with Gasteiger partial charge in [-0.1, -0.05) is 29.8 Å². The van der Waals surface area contributed by atoms with E-state index in [1.807, 2.05) is 6.92 Å². The zero-order valence-electron chi connectivity index (χ0n) is 15.2. The number of benzene rings is 2. The molecule has 0 saturated carbocycles. The van der Waals surface area contributed by atoms with Crippen LogP contribution in [0.1, 0.15) is 24.0 Å². The van der Waals surface area contributed by atoms with Gasteiger partial charge in [-0.2, -0.15) is 4.31 Å². The summed E-state index contributed by atoms with van der Waals surface area (Å²) >= 11 is 0. The van der Waals surface area contributed by atoms with Crippen LogP contribution in [0.5, 0.6) is 0 Å². The van der Waals surface area contributed by atoms with Gasteiger partial charge < -0.3 is 5.32 Å². The molecule has 2 aromatic rings. The minimum Gasteiger partial charge on any atom is -0.354 e. The van der Waals surface area contributed by atoms with Crippen molar-refractivity contribution in [3.05, 3.63) is 65.5 Å². The van der Waals surface area contributed by atoms with E-state index >= 15 is 0 Å². The number of hydrogen-bond donors (Lipinski definition) is 1. The third kappa shape index (κ3) is 4.54. The summed E-state index contributed by atoms with van der Waals surface area (Å²) in [4.78, 5) is 12.8. The van der Waals surface area contributed by atoms with Crippen molar-refractivity contribution in [2.24, 2.45) is 0 Å². The van der Waals surface area contributed by atoms with Gasteiger partial charge >= 0.3 is 0 Å². The smallest absolute Gasteiger partial charge is 0.243 e. The summed E-state index contributed by atoms with van der Waals surface area (Å²) in [6.45, 7) is 2.61. The Labute approximate surface area is 159 Å². The first-order valence-corrected chi connectivity index (χ1v) is 10.4. The van der Waals surface area contributed by atoms with Crippen molar-refractivity contribution in [3.63, 3.8) is 0 Å². The molecule has 1 saturated heterocycles. The number of nitrogens with zero attached hydrogens (tertiary/aromatic N) is 1. The molecule has 1 aliphatic rings. The number of hydrogen-bond acceptors (Lipinski definition) is 3. The maximum Gasteiger partial charge on any atom is 0.243 e. The van der Waals surface area contributed by atoms with Crippen LogP contribution in [0.15, 0.2) is 53.4 Å². The van der Waals surface area contributed by atoms with Gasteiger partial charge in [0.2, 0.25) is 15.9 Å². The summed E-state index contributed by atoms with van der Waals surface area (Å²) in [5, 5.41) is 2.81. The van der Waals surface area contributed by atoms with Gasteiger partial charge in [0.15, 0.2) is 0 Å². The molecular formula is C20H23FN2O3S. The zero-order chi connectivity index (χ0) is 19.4. The van der Waals surface area contributed by atoms with Crippen molar-refractivity contribution in [1.29, 1.82) is 0 Å². The lowest BCUT2D eigenvalue weighted by atomic mass is 10.1. The van der Waals surface area contributed by atoms with Gasteiger partial charge in [0.1, 0.15) is 11.9 Å². The van der Waals surface area contributed by atoms with Crippen LogP contribution in [0.4, 0.5) is 4.39 Å². The van der Waals surface area contributed by atoms with E-state index in [1.54, 1.807) is 36.4 Å². The Morgan fingerprint density at radius 2 is 1.81 bits per heavy atom. The van der Waals surface area contributed by atoms with Crippen LogP contribution in [0.2, 0.25) is 0 Å². The quantitative estimate of drug-likeness (QED) is 0.825. The molecule has 0 unspecified atom stereocenters. The molecule has 1 N–H and O–H groups in total. The zero-order valence-corrected chi connectivity index (χ0v) is 16.0. The van der Waals surface area contributed by atoms with E-state index < -0.39 is 16.1 Å². The molecule has 1 fully saturated rings. The van der Waals surface area contributed by atoms with Crippen molar-refractivity contribution >= 4 is 15.9 Å². The van der Waals surface area contributed by atoms with Crippen molar-refractivity contribution in [1.82, 2.24) is 9.62 Å². The number of aryl methyl sites for hydroxylation is 1. The lowest BCUT2D eigenvalue weighted by Gasteiger charge is -2.23. The van der Waals surface area contributed by atoms with E-state index in [1.165, 1.54) is 16.4 Å². The summed E-state index contributed by atoms with van der Waals surface area (Å²) < 4.78 is 40.0. The first-order chi connectivity index (χ1) is 12.9. The van der Waals surface area contributed by atoms with Crippen molar-refractivity contribution < 1.29 is 17.6 Å². The summed E-state index contributed by atoms with van der Waals surface area (Å²) in [5.41, 5.74) is 1.89. The molecule has 1 amide bonds. The number of nitrogens with one attached hydrogen (secondary N) is 1. The highest BCUT2D eigenvalue weighted by Gasteiger charge is 2.39. The van der Waals surface area contributed by atoms with E-state index in [9.17, 15) is 17.6 Å². The van der Waals surface area contributed by atoms with Gasteiger partial charge in [-0.3, -0.25) is 4.79 Å².